The van der Waals surface area contributed by atoms with Crippen molar-refractivity contribution in [2.75, 3.05) is 14.2 Å². The van der Waals surface area contributed by atoms with Crippen LogP contribution in [0.5, 0.6) is 11.5 Å². The molecule has 0 aliphatic carbocycles. The van der Waals surface area contributed by atoms with Crippen LogP contribution in [0, 0.1) is 0 Å². The molecule has 0 aromatic heterocycles. The monoisotopic (exact) mass is 452 g/mol. The first kappa shape index (κ1) is 26.4. The Bertz CT molecular complexity index is 1280. The fraction of sp³-hybridized carbons (Fsp3) is 0.185. The molecule has 6 heteroatoms. The second-order valence-corrected chi connectivity index (χ2v) is 7.50. The van der Waals surface area contributed by atoms with E-state index in [2.05, 4.69) is 0 Å². The number of Topliss-reactive ketones (excluding diaryl/α,β-unsaturated/α-hetero) is 1. The van der Waals surface area contributed by atoms with Crippen LogP contribution in [0.15, 0.2) is 72.8 Å². The van der Waals surface area contributed by atoms with Crippen molar-refractivity contribution in [1.29, 1.82) is 0 Å². The van der Waals surface area contributed by atoms with Crippen LogP contribution in [-0.4, -0.2) is 26.0 Å². The summed E-state index contributed by atoms with van der Waals surface area (Å²) in [5.74, 6) is 0.0587. The Morgan fingerprint density at radius 1 is 0.727 bits per heavy atom. The molecule has 4 aromatic rings. The summed E-state index contributed by atoms with van der Waals surface area (Å²) in [4.78, 5) is 22.0. The van der Waals surface area contributed by atoms with Crippen molar-refractivity contribution in [2.45, 2.75) is 19.8 Å². The molecule has 164 valence electrons. The summed E-state index contributed by atoms with van der Waals surface area (Å²) < 4.78 is 10.3. The molecule has 0 saturated carbocycles. The molecule has 4 aromatic carbocycles. The van der Waals surface area contributed by atoms with Crippen molar-refractivity contribution in [1.82, 2.24) is 0 Å². The molecular formula is C27H25NaO5. The molecule has 0 spiro atoms. The van der Waals surface area contributed by atoms with Crippen molar-refractivity contribution < 1.29 is 53.7 Å². The minimum Gasteiger partial charge on any atom is -0.550 e. The average Bonchev–Trinajstić information content (AvgIpc) is 2.82. The number of benzene rings is 4. The number of carbonyl (C=O) groups is 2. The molecule has 0 aliphatic rings. The summed E-state index contributed by atoms with van der Waals surface area (Å²) in [6, 6.07) is 22.8. The Labute approximate surface area is 215 Å². The summed E-state index contributed by atoms with van der Waals surface area (Å²) in [5.41, 5.74) is 1.50. The molecular weight excluding hydrogens is 427 g/mol. The van der Waals surface area contributed by atoms with Crippen LogP contribution < -0.4 is 44.1 Å². The van der Waals surface area contributed by atoms with Gasteiger partial charge in [0.1, 0.15) is 11.5 Å². The first-order chi connectivity index (χ1) is 15.3. The van der Waals surface area contributed by atoms with Gasteiger partial charge in [0.15, 0.2) is 5.78 Å². The van der Waals surface area contributed by atoms with Crippen molar-refractivity contribution >= 4 is 33.3 Å². The van der Waals surface area contributed by atoms with Crippen LogP contribution in [0.2, 0.25) is 0 Å². The number of ketones is 1. The van der Waals surface area contributed by atoms with Gasteiger partial charge in [-0.05, 0) is 64.4 Å². The second kappa shape index (κ2) is 11.8. The van der Waals surface area contributed by atoms with Gasteiger partial charge >= 0.3 is 29.6 Å². The zero-order chi connectivity index (χ0) is 23.3. The summed E-state index contributed by atoms with van der Waals surface area (Å²) in [6.45, 7) is 3.20. The van der Waals surface area contributed by atoms with Crippen molar-refractivity contribution in [3.05, 3.63) is 83.9 Å². The Kier molecular flexibility index (Phi) is 9.47. The van der Waals surface area contributed by atoms with E-state index in [0.717, 1.165) is 44.2 Å². The van der Waals surface area contributed by atoms with Crippen molar-refractivity contribution in [2.24, 2.45) is 0 Å². The summed E-state index contributed by atoms with van der Waals surface area (Å²) in [6.07, 6.45) is 0. The van der Waals surface area contributed by atoms with E-state index in [1.165, 1.54) is 0 Å². The molecule has 0 unspecified atom stereocenters. The maximum absolute atomic E-state index is 11.2. The van der Waals surface area contributed by atoms with Crippen LogP contribution in [0.25, 0.3) is 21.5 Å². The van der Waals surface area contributed by atoms with E-state index in [-0.39, 0.29) is 35.3 Å². The molecule has 5 nitrogen and oxygen atoms in total. The average molecular weight is 452 g/mol. The summed E-state index contributed by atoms with van der Waals surface area (Å²) in [5, 5.41) is 15.0. The van der Waals surface area contributed by atoms with E-state index < -0.39 is 11.9 Å². The number of fused-ring (bicyclic) bond motifs is 2. The van der Waals surface area contributed by atoms with Crippen LogP contribution in [0.1, 0.15) is 35.7 Å². The third-order valence-corrected chi connectivity index (χ3v) is 5.38. The number of carboxylic acid groups (broad SMARTS) is 1. The Morgan fingerprint density at radius 2 is 1.18 bits per heavy atom. The van der Waals surface area contributed by atoms with Gasteiger partial charge in [0.2, 0.25) is 0 Å². The van der Waals surface area contributed by atoms with Gasteiger partial charge in [-0.1, -0.05) is 49.4 Å². The Balaban J connectivity index is 0.000000228. The maximum Gasteiger partial charge on any atom is 1.00 e. The zero-order valence-electron chi connectivity index (χ0n) is 19.5. The standard InChI is InChI=1S/C14H14O3.C13H12O2.Na/c1-9(14(15)16)10-3-4-12-8-13(17-2)6-5-11(12)7-10;1-9(14)10-3-4-12-8-13(15-2)6-5-11(12)7-10;/h3-9H,1-2H3,(H,15,16);3-8H,1-2H3;/q;;+1/p-1/t9-;;/m0../s1. The third kappa shape index (κ3) is 6.57. The SMILES string of the molecule is COc1ccc2cc(C(C)=O)ccc2c1.COc1ccc2cc([C@H](C)C(=O)[O-])ccc2c1.[Na+]. The fourth-order valence-corrected chi connectivity index (χ4v) is 3.34. The molecule has 0 saturated heterocycles. The smallest absolute Gasteiger partial charge is 0.550 e. The molecule has 0 aliphatic heterocycles. The van der Waals surface area contributed by atoms with Gasteiger partial charge in [-0.2, -0.15) is 0 Å². The van der Waals surface area contributed by atoms with E-state index in [1.807, 2.05) is 72.8 Å². The molecule has 0 radical (unpaired) electrons. The van der Waals surface area contributed by atoms with Crippen LogP contribution in [0.4, 0.5) is 0 Å². The number of rotatable bonds is 5. The summed E-state index contributed by atoms with van der Waals surface area (Å²) in [7, 11) is 3.26. The molecule has 0 heterocycles. The van der Waals surface area contributed by atoms with Gasteiger partial charge in [0.05, 0.1) is 14.2 Å². The van der Waals surface area contributed by atoms with Gasteiger partial charge in [-0.25, -0.2) is 0 Å². The van der Waals surface area contributed by atoms with Crippen LogP contribution in [0.3, 0.4) is 0 Å². The predicted octanol–water partition coefficient (Wildman–Crippen LogP) is 1.76. The van der Waals surface area contributed by atoms with E-state index >= 15 is 0 Å². The Hall–Kier alpha value is -2.86. The number of hydrogen-bond donors (Lipinski definition) is 0. The first-order valence-corrected chi connectivity index (χ1v) is 10.2. The number of carbonyl (C=O) groups excluding carboxylic acids is 2. The molecule has 0 amide bonds. The van der Waals surface area contributed by atoms with Gasteiger partial charge in [-0.3, -0.25) is 4.79 Å². The van der Waals surface area contributed by atoms with Gasteiger partial charge < -0.3 is 19.4 Å². The molecule has 1 atom stereocenters. The number of carboxylic acids is 1. The van der Waals surface area contributed by atoms with E-state index in [0.29, 0.717) is 0 Å². The van der Waals surface area contributed by atoms with E-state index in [1.54, 1.807) is 28.1 Å². The number of methoxy groups -OCH3 is 2. The quantitative estimate of drug-likeness (QED) is 0.341. The van der Waals surface area contributed by atoms with Crippen LogP contribution >= 0.6 is 0 Å². The van der Waals surface area contributed by atoms with Crippen LogP contribution in [-0.2, 0) is 4.79 Å². The number of aliphatic carboxylic acids is 1. The minimum absolute atomic E-state index is 0. The molecule has 33 heavy (non-hydrogen) atoms. The fourth-order valence-electron chi connectivity index (χ4n) is 3.34. The van der Waals surface area contributed by atoms with E-state index in [9.17, 15) is 14.7 Å². The summed E-state index contributed by atoms with van der Waals surface area (Å²) >= 11 is 0. The molecule has 0 N–H and O–H groups in total. The van der Waals surface area contributed by atoms with Gasteiger partial charge in [0.25, 0.3) is 0 Å². The van der Waals surface area contributed by atoms with Crippen molar-refractivity contribution in [3.8, 4) is 11.5 Å². The van der Waals surface area contributed by atoms with Crippen molar-refractivity contribution in [3.63, 3.8) is 0 Å². The first-order valence-electron chi connectivity index (χ1n) is 10.2. The molecule has 0 fully saturated rings. The second-order valence-electron chi connectivity index (χ2n) is 7.50. The zero-order valence-corrected chi connectivity index (χ0v) is 21.5. The minimum atomic E-state index is -1.06. The van der Waals surface area contributed by atoms with Gasteiger partial charge in [-0.15, -0.1) is 0 Å². The van der Waals surface area contributed by atoms with Gasteiger partial charge in [0, 0.05) is 17.5 Å². The maximum atomic E-state index is 11.2. The Morgan fingerprint density at radius 3 is 1.67 bits per heavy atom. The molecule has 4 rings (SSSR count). The largest absolute Gasteiger partial charge is 1.00 e. The normalized spacial score (nSPS) is 11.0. The third-order valence-electron chi connectivity index (χ3n) is 5.38. The predicted molar refractivity (Wildman–Crippen MR) is 124 cm³/mol. The number of hydrogen-bond acceptors (Lipinski definition) is 5. The molecule has 0 bridgehead atoms. The number of ether oxygens (including phenoxy) is 2. The van der Waals surface area contributed by atoms with E-state index in [4.69, 9.17) is 9.47 Å². The topological polar surface area (TPSA) is 75.7 Å².